The number of hydrogen-bond acceptors (Lipinski definition) is 11. The Bertz CT molecular complexity index is 1340. The number of nitrogens with two attached hydrogens (primary N) is 1. The Balaban J connectivity index is 1.13. The molecule has 1 fully saturated rings. The zero-order chi connectivity index (χ0) is 32.6. The number of phenolic OH excluding ortho intramolecular Hbond substituents is 1. The van der Waals surface area contributed by atoms with Gasteiger partial charge in [0.2, 0.25) is 12.5 Å². The molecular weight excluding hydrogens is 594 g/mol. The highest BCUT2D eigenvalue weighted by molar-refractivity contribution is 6.02. The monoisotopic (exact) mass is 641 g/mol. The predicted molar refractivity (Wildman–Crippen MR) is 170 cm³/mol. The van der Waals surface area contributed by atoms with Gasteiger partial charge in [0.15, 0.2) is 11.5 Å². The van der Waals surface area contributed by atoms with Crippen molar-refractivity contribution in [2.45, 2.75) is 87.8 Å². The van der Waals surface area contributed by atoms with Gasteiger partial charge in [-0.05, 0) is 74.8 Å². The van der Waals surface area contributed by atoms with Crippen molar-refractivity contribution in [3.05, 3.63) is 52.6 Å². The summed E-state index contributed by atoms with van der Waals surface area (Å²) in [5.41, 5.74) is 7.03. The number of amides is 2. The first-order chi connectivity index (χ1) is 22.3. The van der Waals surface area contributed by atoms with Crippen LogP contribution in [0.1, 0.15) is 82.7 Å². The Kier molecular flexibility index (Phi) is 11.7. The molecule has 2 amide bonds. The quantitative estimate of drug-likeness (QED) is 0.116. The van der Waals surface area contributed by atoms with Crippen LogP contribution in [0, 0.1) is 0 Å². The lowest BCUT2D eigenvalue weighted by molar-refractivity contribution is -0.117. The minimum Gasteiger partial charge on any atom is -0.504 e. The molecule has 0 unspecified atom stereocenters. The molecule has 2 heterocycles. The lowest BCUT2D eigenvalue weighted by atomic mass is 9.68. The fraction of sp³-hybridized carbons (Fsp3) is 0.576. The number of benzene rings is 2. The number of hydrogen-bond donors (Lipinski definition) is 9. The standard InChI is InChI=1S/C33H47N5O8/c34-12-5-3-1-2-4-6-13-35-14-7-15-36-17-19-8-10-20(11-9-19)32(43)37-25-23-21-16-22-31(46-18-45-22)27(39)24(21)33(44)38-26(23)29(41)30(42)28(25)40/h8-11,16,23,25-26,28-30,35-36,39-42H,1-7,12-15,17-18,34H2,(H,37,43)(H,38,44)/t23-,25+,26+,28-,29-,30+/m0/s1. The van der Waals surface area contributed by atoms with Crippen molar-refractivity contribution in [1.82, 2.24) is 21.3 Å². The van der Waals surface area contributed by atoms with Gasteiger partial charge in [-0.15, -0.1) is 0 Å². The Hall–Kier alpha value is -3.46. The summed E-state index contributed by atoms with van der Waals surface area (Å²) in [6, 6.07) is 6.40. The summed E-state index contributed by atoms with van der Waals surface area (Å²) in [5.74, 6) is -2.29. The third-order valence-electron chi connectivity index (χ3n) is 9.12. The number of aromatic hydroxyl groups is 1. The van der Waals surface area contributed by atoms with Crippen LogP contribution in [0.25, 0.3) is 0 Å². The van der Waals surface area contributed by atoms with Crippen molar-refractivity contribution in [2.75, 3.05) is 33.0 Å². The van der Waals surface area contributed by atoms with Crippen LogP contribution in [-0.2, 0) is 6.54 Å². The second-order valence-electron chi connectivity index (χ2n) is 12.3. The summed E-state index contributed by atoms with van der Waals surface area (Å²) in [7, 11) is 0. The zero-order valence-corrected chi connectivity index (χ0v) is 26.0. The van der Waals surface area contributed by atoms with Gasteiger partial charge in [-0.3, -0.25) is 9.59 Å². The average molecular weight is 642 g/mol. The summed E-state index contributed by atoms with van der Waals surface area (Å²) < 4.78 is 10.7. The zero-order valence-electron chi connectivity index (χ0n) is 26.0. The maximum atomic E-state index is 13.4. The molecule has 0 bridgehead atoms. The van der Waals surface area contributed by atoms with E-state index in [1.165, 1.54) is 38.2 Å². The molecule has 13 heteroatoms. The van der Waals surface area contributed by atoms with Crippen LogP contribution in [0.2, 0.25) is 0 Å². The van der Waals surface area contributed by atoms with E-state index in [9.17, 15) is 30.0 Å². The van der Waals surface area contributed by atoms with E-state index >= 15 is 0 Å². The number of rotatable bonds is 16. The highest BCUT2D eigenvalue weighted by atomic mass is 16.7. The van der Waals surface area contributed by atoms with E-state index in [0.29, 0.717) is 12.1 Å². The molecule has 0 saturated heterocycles. The number of unbranched alkanes of at least 4 members (excludes halogenated alkanes) is 5. The van der Waals surface area contributed by atoms with Gasteiger partial charge < -0.3 is 56.9 Å². The molecule has 2 aliphatic heterocycles. The van der Waals surface area contributed by atoms with Gasteiger partial charge in [0.25, 0.3) is 11.8 Å². The molecule has 2 aromatic carbocycles. The van der Waals surface area contributed by atoms with E-state index < -0.39 is 53.9 Å². The lowest BCUT2D eigenvalue weighted by Crippen LogP contribution is -2.69. The first kappa shape index (κ1) is 33.9. The second kappa shape index (κ2) is 15.9. The largest absolute Gasteiger partial charge is 0.504 e. The molecule has 10 N–H and O–H groups in total. The van der Waals surface area contributed by atoms with E-state index in [1.807, 2.05) is 12.1 Å². The van der Waals surface area contributed by atoms with Crippen LogP contribution < -0.4 is 36.5 Å². The van der Waals surface area contributed by atoms with Gasteiger partial charge in [-0.2, -0.15) is 0 Å². The Labute approximate surface area is 268 Å². The molecule has 0 radical (unpaired) electrons. The summed E-state index contributed by atoms with van der Waals surface area (Å²) in [5, 5.41) is 55.6. The number of carbonyl (C=O) groups is 2. The van der Waals surface area contributed by atoms with E-state index in [1.54, 1.807) is 12.1 Å². The van der Waals surface area contributed by atoms with Gasteiger partial charge in [0, 0.05) is 18.0 Å². The van der Waals surface area contributed by atoms with Gasteiger partial charge in [-0.25, -0.2) is 0 Å². The summed E-state index contributed by atoms with van der Waals surface area (Å²) in [6.45, 7) is 4.14. The minimum atomic E-state index is -1.64. The molecule has 13 nitrogen and oxygen atoms in total. The third-order valence-corrected chi connectivity index (χ3v) is 9.12. The third kappa shape index (κ3) is 7.56. The van der Waals surface area contributed by atoms with Crippen molar-refractivity contribution < 1.29 is 39.5 Å². The Morgan fingerprint density at radius 1 is 0.891 bits per heavy atom. The van der Waals surface area contributed by atoms with Gasteiger partial charge in [0.05, 0.1) is 17.6 Å². The summed E-state index contributed by atoms with van der Waals surface area (Å²) in [4.78, 5) is 26.3. The van der Waals surface area contributed by atoms with Crippen molar-refractivity contribution in [2.24, 2.45) is 5.73 Å². The molecule has 1 saturated carbocycles. The topological polar surface area (TPSA) is 208 Å². The van der Waals surface area contributed by atoms with Crippen LogP contribution in [-0.4, -0.2) is 95.6 Å². The SMILES string of the molecule is NCCCCCCCCNCCCNCc1ccc(C(=O)N[C@H]2[C@H](O)[C@@H](O)[C@@H](O)[C@@H]3NC(=O)c4c(cc5c(c4O)OCO5)[C@@H]23)cc1. The molecule has 46 heavy (non-hydrogen) atoms. The van der Waals surface area contributed by atoms with E-state index in [4.69, 9.17) is 15.2 Å². The van der Waals surface area contributed by atoms with Crippen molar-refractivity contribution in [1.29, 1.82) is 0 Å². The van der Waals surface area contributed by atoms with E-state index in [0.717, 1.165) is 44.6 Å². The molecule has 2 aromatic rings. The number of aliphatic hydroxyl groups excluding tert-OH is 3. The smallest absolute Gasteiger partial charge is 0.255 e. The maximum absolute atomic E-state index is 13.4. The predicted octanol–water partition coefficient (Wildman–Crippen LogP) is 0.580. The van der Waals surface area contributed by atoms with Crippen LogP contribution in [0.5, 0.6) is 17.2 Å². The van der Waals surface area contributed by atoms with Crippen molar-refractivity contribution in [3.63, 3.8) is 0 Å². The lowest BCUT2D eigenvalue weighted by Gasteiger charge is -2.49. The van der Waals surface area contributed by atoms with Gasteiger partial charge in [-0.1, -0.05) is 37.8 Å². The number of carbonyl (C=O) groups excluding carboxylic acids is 2. The van der Waals surface area contributed by atoms with Gasteiger partial charge >= 0.3 is 0 Å². The molecular formula is C33H47N5O8. The number of nitrogens with one attached hydrogen (secondary N) is 4. The fourth-order valence-corrected chi connectivity index (χ4v) is 6.59. The molecule has 3 aliphatic rings. The molecule has 0 aromatic heterocycles. The average Bonchev–Trinajstić information content (AvgIpc) is 3.54. The van der Waals surface area contributed by atoms with E-state index in [2.05, 4.69) is 21.3 Å². The van der Waals surface area contributed by atoms with Crippen molar-refractivity contribution >= 4 is 11.8 Å². The molecule has 5 rings (SSSR count). The molecule has 252 valence electrons. The number of aliphatic hydroxyl groups is 3. The number of ether oxygens (including phenoxy) is 2. The first-order valence-corrected chi connectivity index (χ1v) is 16.3. The Morgan fingerprint density at radius 2 is 1.59 bits per heavy atom. The normalized spacial score (nSPS) is 24.7. The summed E-state index contributed by atoms with van der Waals surface area (Å²) >= 11 is 0. The van der Waals surface area contributed by atoms with Crippen LogP contribution in [0.4, 0.5) is 0 Å². The maximum Gasteiger partial charge on any atom is 0.255 e. The minimum absolute atomic E-state index is 0.0203. The van der Waals surface area contributed by atoms with E-state index in [-0.39, 0.29) is 29.4 Å². The number of phenols is 1. The van der Waals surface area contributed by atoms with Crippen LogP contribution >= 0.6 is 0 Å². The number of fused-ring (bicyclic) bond motifs is 4. The highest BCUT2D eigenvalue weighted by Crippen LogP contribution is 2.50. The van der Waals surface area contributed by atoms with Gasteiger partial charge in [0.1, 0.15) is 18.3 Å². The molecule has 1 aliphatic carbocycles. The second-order valence-corrected chi connectivity index (χ2v) is 12.3. The molecule has 0 spiro atoms. The molecule has 6 atom stereocenters. The van der Waals surface area contributed by atoms with Crippen LogP contribution in [0.15, 0.2) is 30.3 Å². The first-order valence-electron chi connectivity index (χ1n) is 16.3. The Morgan fingerprint density at radius 3 is 2.35 bits per heavy atom. The highest BCUT2D eigenvalue weighted by Gasteiger charge is 2.54. The van der Waals surface area contributed by atoms with Crippen molar-refractivity contribution in [3.8, 4) is 17.2 Å². The summed E-state index contributed by atoms with van der Waals surface area (Å²) in [6.07, 6.45) is 3.60. The van der Waals surface area contributed by atoms with Crippen LogP contribution in [0.3, 0.4) is 0 Å². The fourth-order valence-electron chi connectivity index (χ4n) is 6.59.